The summed E-state index contributed by atoms with van der Waals surface area (Å²) in [5, 5.41) is 7.20. The molecule has 0 aliphatic rings. The van der Waals surface area contributed by atoms with E-state index in [0.717, 1.165) is 31.8 Å². The van der Waals surface area contributed by atoms with Gasteiger partial charge in [-0.15, -0.1) is 0 Å². The smallest absolute Gasteiger partial charge is 0.351 e. The fraction of sp³-hybridized carbons (Fsp3) is 0.333. The molecule has 0 unspecified atom stereocenters. The van der Waals surface area contributed by atoms with Crippen LogP contribution in [0.2, 0.25) is 5.02 Å². The van der Waals surface area contributed by atoms with Gasteiger partial charge >= 0.3 is 12.2 Å². The van der Waals surface area contributed by atoms with Crippen molar-refractivity contribution in [2.45, 2.75) is 20.0 Å². The highest BCUT2D eigenvalue weighted by Crippen LogP contribution is 2.36. The Morgan fingerprint density at radius 1 is 0.968 bits per heavy atom. The molecule has 0 aromatic heterocycles. The first-order chi connectivity index (χ1) is 14.6. The minimum atomic E-state index is -4.63. The molecule has 2 rings (SSSR count). The van der Waals surface area contributed by atoms with Gasteiger partial charge in [0.15, 0.2) is 0 Å². The molecule has 168 valence electrons. The van der Waals surface area contributed by atoms with Gasteiger partial charge in [-0.3, -0.25) is 4.79 Å². The summed E-state index contributed by atoms with van der Waals surface area (Å²) in [5.41, 5.74) is -0.290. The van der Waals surface area contributed by atoms with Crippen LogP contribution in [0.1, 0.15) is 29.8 Å². The second kappa shape index (κ2) is 11.0. The van der Waals surface area contributed by atoms with Crippen LogP contribution in [-0.4, -0.2) is 43.0 Å². The average Bonchev–Trinajstić information content (AvgIpc) is 2.72. The van der Waals surface area contributed by atoms with E-state index < -0.39 is 22.8 Å². The molecule has 6 nitrogen and oxygen atoms in total. The Labute approximate surface area is 183 Å². The molecule has 2 aromatic carbocycles. The minimum Gasteiger partial charge on any atom is -0.351 e. The zero-order valence-electron chi connectivity index (χ0n) is 17.1. The predicted octanol–water partition coefficient (Wildman–Crippen LogP) is 5.07. The molecule has 0 radical (unpaired) electrons. The van der Waals surface area contributed by atoms with Gasteiger partial charge in [-0.05, 0) is 55.6 Å². The summed E-state index contributed by atoms with van der Waals surface area (Å²) in [6, 6.07) is 8.51. The maximum absolute atomic E-state index is 12.9. The maximum Gasteiger partial charge on any atom is 0.417 e. The van der Waals surface area contributed by atoms with Crippen molar-refractivity contribution in [2.75, 3.05) is 36.8 Å². The van der Waals surface area contributed by atoms with E-state index >= 15 is 0 Å². The average molecular weight is 457 g/mol. The number of hydrogen-bond donors (Lipinski definition) is 3. The summed E-state index contributed by atoms with van der Waals surface area (Å²) in [7, 11) is 0. The summed E-state index contributed by atoms with van der Waals surface area (Å²) >= 11 is 5.57. The summed E-state index contributed by atoms with van der Waals surface area (Å²) in [4.78, 5) is 26.5. The molecule has 0 aliphatic heterocycles. The molecule has 0 atom stereocenters. The lowest BCUT2D eigenvalue weighted by molar-refractivity contribution is -0.137. The van der Waals surface area contributed by atoms with Crippen LogP contribution in [0.15, 0.2) is 42.5 Å². The van der Waals surface area contributed by atoms with Gasteiger partial charge in [0, 0.05) is 30.0 Å². The second-order valence-corrected chi connectivity index (χ2v) is 7.04. The van der Waals surface area contributed by atoms with Crippen LogP contribution in [0.3, 0.4) is 0 Å². The number of nitrogens with one attached hydrogen (secondary N) is 3. The standard InChI is InChI=1S/C21H24ClF3N4O2/c1-3-29(4-2)12-11-26-19(30)14-5-7-15(8-6-14)27-20(31)28-16-9-10-18(22)17(13-16)21(23,24)25/h5-10,13H,3-4,11-12H2,1-2H3,(H,26,30)(H2,27,28,31). The molecular weight excluding hydrogens is 433 g/mol. The Balaban J connectivity index is 1.91. The van der Waals surface area contributed by atoms with Crippen LogP contribution < -0.4 is 16.0 Å². The molecule has 31 heavy (non-hydrogen) atoms. The normalized spacial score (nSPS) is 11.3. The van der Waals surface area contributed by atoms with Crippen LogP contribution in [0, 0.1) is 0 Å². The Bertz CT molecular complexity index is 900. The van der Waals surface area contributed by atoms with E-state index in [4.69, 9.17) is 11.6 Å². The van der Waals surface area contributed by atoms with Gasteiger partial charge < -0.3 is 20.9 Å². The first-order valence-electron chi connectivity index (χ1n) is 9.69. The van der Waals surface area contributed by atoms with Gasteiger partial charge in [-0.1, -0.05) is 25.4 Å². The number of rotatable bonds is 8. The van der Waals surface area contributed by atoms with Crippen LogP contribution >= 0.6 is 11.6 Å². The van der Waals surface area contributed by atoms with E-state index in [-0.39, 0.29) is 11.6 Å². The van der Waals surface area contributed by atoms with Crippen molar-refractivity contribution in [1.29, 1.82) is 0 Å². The zero-order valence-corrected chi connectivity index (χ0v) is 17.9. The molecule has 0 aliphatic carbocycles. The highest BCUT2D eigenvalue weighted by atomic mass is 35.5. The first-order valence-corrected chi connectivity index (χ1v) is 10.1. The second-order valence-electron chi connectivity index (χ2n) is 6.63. The van der Waals surface area contributed by atoms with E-state index in [1.165, 1.54) is 18.2 Å². The van der Waals surface area contributed by atoms with E-state index in [9.17, 15) is 22.8 Å². The Kier molecular flexibility index (Phi) is 8.70. The van der Waals surface area contributed by atoms with Crippen molar-refractivity contribution in [3.63, 3.8) is 0 Å². The quantitative estimate of drug-likeness (QED) is 0.519. The maximum atomic E-state index is 12.9. The number of likely N-dealkylation sites (N-methyl/N-ethyl adjacent to an activating group) is 1. The number of hydrogen-bond acceptors (Lipinski definition) is 3. The molecule has 0 bridgehead atoms. The SMILES string of the molecule is CCN(CC)CCNC(=O)c1ccc(NC(=O)Nc2ccc(Cl)c(C(F)(F)F)c2)cc1. The Morgan fingerprint density at radius 2 is 1.55 bits per heavy atom. The summed E-state index contributed by atoms with van der Waals surface area (Å²) in [6.45, 7) is 7.18. The third kappa shape index (κ3) is 7.45. The van der Waals surface area contributed by atoms with Crippen molar-refractivity contribution in [2.24, 2.45) is 0 Å². The third-order valence-electron chi connectivity index (χ3n) is 4.54. The Hall–Kier alpha value is -2.78. The van der Waals surface area contributed by atoms with Crippen molar-refractivity contribution < 1.29 is 22.8 Å². The number of halogens is 4. The lowest BCUT2D eigenvalue weighted by Crippen LogP contribution is -2.34. The van der Waals surface area contributed by atoms with Gasteiger partial charge in [0.1, 0.15) is 0 Å². The van der Waals surface area contributed by atoms with Crippen LogP contribution in [0.25, 0.3) is 0 Å². The highest BCUT2D eigenvalue weighted by molar-refractivity contribution is 6.31. The molecule has 0 fully saturated rings. The van der Waals surface area contributed by atoms with Crippen LogP contribution in [0.4, 0.5) is 29.3 Å². The summed E-state index contributed by atoms with van der Waals surface area (Å²) in [6.07, 6.45) is -4.63. The van der Waals surface area contributed by atoms with Crippen LogP contribution in [-0.2, 0) is 6.18 Å². The number of alkyl halides is 3. The van der Waals surface area contributed by atoms with Crippen LogP contribution in [0.5, 0.6) is 0 Å². The van der Waals surface area contributed by atoms with Gasteiger partial charge in [-0.25, -0.2) is 4.79 Å². The number of carbonyl (C=O) groups excluding carboxylic acids is 2. The van der Waals surface area contributed by atoms with Gasteiger partial charge in [0.2, 0.25) is 0 Å². The number of carbonyl (C=O) groups is 2. The lowest BCUT2D eigenvalue weighted by atomic mass is 10.2. The predicted molar refractivity (Wildman–Crippen MR) is 116 cm³/mol. The third-order valence-corrected chi connectivity index (χ3v) is 4.87. The molecule has 0 saturated heterocycles. The monoisotopic (exact) mass is 456 g/mol. The fourth-order valence-corrected chi connectivity index (χ4v) is 3.01. The summed E-state index contributed by atoms with van der Waals surface area (Å²) in [5.74, 6) is -0.232. The number of benzene rings is 2. The van der Waals surface area contributed by atoms with Gasteiger partial charge in [0.25, 0.3) is 5.91 Å². The van der Waals surface area contributed by atoms with Crippen molar-refractivity contribution in [3.05, 3.63) is 58.6 Å². The number of anilines is 2. The summed E-state index contributed by atoms with van der Waals surface area (Å²) < 4.78 is 38.8. The zero-order chi connectivity index (χ0) is 23.0. The number of urea groups is 1. The molecule has 3 amide bonds. The van der Waals surface area contributed by atoms with Gasteiger partial charge in [-0.2, -0.15) is 13.2 Å². The van der Waals surface area contributed by atoms with E-state index in [1.807, 2.05) is 0 Å². The molecule has 0 saturated carbocycles. The van der Waals surface area contributed by atoms with Crippen molar-refractivity contribution in [1.82, 2.24) is 10.2 Å². The molecular formula is C21H24ClF3N4O2. The van der Waals surface area contributed by atoms with Crippen molar-refractivity contribution >= 4 is 34.9 Å². The van der Waals surface area contributed by atoms with Crippen molar-refractivity contribution in [3.8, 4) is 0 Å². The number of amides is 3. The minimum absolute atomic E-state index is 0.0570. The Morgan fingerprint density at radius 3 is 2.13 bits per heavy atom. The van der Waals surface area contributed by atoms with Gasteiger partial charge in [0.05, 0.1) is 10.6 Å². The lowest BCUT2D eigenvalue weighted by Gasteiger charge is -2.18. The molecule has 3 N–H and O–H groups in total. The highest BCUT2D eigenvalue weighted by Gasteiger charge is 2.33. The first kappa shape index (κ1) is 24.5. The topological polar surface area (TPSA) is 73.5 Å². The van der Waals surface area contributed by atoms with E-state index in [2.05, 4.69) is 34.7 Å². The van der Waals surface area contributed by atoms with E-state index in [1.54, 1.807) is 12.1 Å². The molecule has 0 spiro atoms. The molecule has 10 heteroatoms. The largest absolute Gasteiger partial charge is 0.417 e. The fourth-order valence-electron chi connectivity index (χ4n) is 2.79. The van der Waals surface area contributed by atoms with E-state index in [0.29, 0.717) is 17.8 Å². The number of nitrogens with zero attached hydrogens (tertiary/aromatic N) is 1. The molecule has 2 aromatic rings. The molecule has 0 heterocycles.